The maximum Gasteiger partial charge on any atom is 0.140 e. The van der Waals surface area contributed by atoms with Crippen molar-refractivity contribution in [2.45, 2.75) is 13.5 Å². The monoisotopic (exact) mass is 237 g/mol. The number of fused-ring (bicyclic) bond motifs is 1. The fraction of sp³-hybridized carbons (Fsp3) is 0.133. The normalized spacial score (nSPS) is 10.9. The highest BCUT2D eigenvalue weighted by molar-refractivity contribution is 5.81. The Hall–Kier alpha value is -2.29. The molecule has 3 heteroatoms. The van der Waals surface area contributed by atoms with Gasteiger partial charge in [0.15, 0.2) is 0 Å². The van der Waals surface area contributed by atoms with E-state index in [0.29, 0.717) is 5.56 Å². The summed E-state index contributed by atoms with van der Waals surface area (Å²) in [6, 6.07) is 15.0. The van der Waals surface area contributed by atoms with Crippen LogP contribution in [0.2, 0.25) is 0 Å². The van der Waals surface area contributed by atoms with Gasteiger partial charge in [-0.2, -0.15) is 0 Å². The van der Waals surface area contributed by atoms with Gasteiger partial charge < -0.3 is 9.67 Å². The molecule has 2 aromatic carbocycles. The molecular formula is C15H13N2O-. The molecule has 0 aliphatic carbocycles. The first-order valence-corrected chi connectivity index (χ1v) is 6.03. The number of para-hydroxylation sites is 3. The molecule has 3 rings (SSSR count). The number of hydrogen-bond acceptors (Lipinski definition) is 2. The number of aryl methyl sites for hydroxylation is 1. The number of hydrogen-bond donors (Lipinski definition) is 0. The molecule has 90 valence electrons. The van der Waals surface area contributed by atoms with Gasteiger partial charge in [-0.1, -0.05) is 42.1 Å². The van der Waals surface area contributed by atoms with Crippen LogP contribution in [0.25, 0.3) is 22.4 Å². The smallest absolute Gasteiger partial charge is 0.140 e. The zero-order valence-electron chi connectivity index (χ0n) is 10.1. The van der Waals surface area contributed by atoms with Gasteiger partial charge in [0.1, 0.15) is 5.82 Å². The van der Waals surface area contributed by atoms with Crippen molar-refractivity contribution in [3.8, 4) is 17.1 Å². The Kier molecular flexibility index (Phi) is 2.52. The van der Waals surface area contributed by atoms with Gasteiger partial charge in [-0.05, 0) is 19.1 Å². The first kappa shape index (κ1) is 10.8. The standard InChI is InChI=1S/C15H14N2O/c1-2-17-13-9-5-4-8-12(13)16-15(17)11-7-3-6-10-14(11)18/h3-10,18H,2H2,1H3/p-1. The second kappa shape index (κ2) is 4.18. The summed E-state index contributed by atoms with van der Waals surface area (Å²) in [6.07, 6.45) is 0. The molecule has 0 saturated heterocycles. The number of rotatable bonds is 2. The lowest BCUT2D eigenvalue weighted by atomic mass is 10.2. The molecule has 0 amide bonds. The van der Waals surface area contributed by atoms with Gasteiger partial charge in [0, 0.05) is 12.1 Å². The zero-order chi connectivity index (χ0) is 12.5. The summed E-state index contributed by atoms with van der Waals surface area (Å²) in [7, 11) is 0. The van der Waals surface area contributed by atoms with Gasteiger partial charge in [0.25, 0.3) is 0 Å². The number of nitrogens with zero attached hydrogens (tertiary/aromatic N) is 2. The van der Waals surface area contributed by atoms with Crippen molar-refractivity contribution >= 4 is 11.0 Å². The van der Waals surface area contributed by atoms with Crippen molar-refractivity contribution in [1.29, 1.82) is 0 Å². The van der Waals surface area contributed by atoms with E-state index in [2.05, 4.69) is 16.5 Å². The maximum absolute atomic E-state index is 11.9. The molecule has 0 spiro atoms. The number of imidazole rings is 1. The minimum atomic E-state index is 0.0162. The van der Waals surface area contributed by atoms with E-state index < -0.39 is 0 Å². The van der Waals surface area contributed by atoms with Crippen LogP contribution in [0.3, 0.4) is 0 Å². The first-order valence-electron chi connectivity index (χ1n) is 6.03. The van der Waals surface area contributed by atoms with Crippen LogP contribution in [0.4, 0.5) is 0 Å². The molecule has 0 bridgehead atoms. The van der Waals surface area contributed by atoms with E-state index in [1.807, 2.05) is 36.4 Å². The van der Waals surface area contributed by atoms with Gasteiger partial charge in [0.2, 0.25) is 0 Å². The topological polar surface area (TPSA) is 40.9 Å². The lowest BCUT2D eigenvalue weighted by Crippen LogP contribution is -2.00. The van der Waals surface area contributed by atoms with E-state index in [1.54, 1.807) is 12.1 Å². The molecule has 1 heterocycles. The van der Waals surface area contributed by atoms with E-state index in [4.69, 9.17) is 0 Å². The SMILES string of the molecule is CCn1c(-c2ccccc2[O-])nc2ccccc21. The fourth-order valence-corrected chi connectivity index (χ4v) is 2.25. The quantitative estimate of drug-likeness (QED) is 0.687. The summed E-state index contributed by atoms with van der Waals surface area (Å²) in [4.78, 5) is 4.58. The minimum Gasteiger partial charge on any atom is -0.872 e. The molecule has 0 aliphatic rings. The summed E-state index contributed by atoms with van der Waals surface area (Å²) >= 11 is 0. The predicted molar refractivity (Wildman–Crippen MR) is 70.3 cm³/mol. The lowest BCUT2D eigenvalue weighted by Gasteiger charge is -2.13. The zero-order valence-corrected chi connectivity index (χ0v) is 10.1. The molecule has 1 aromatic heterocycles. The molecule has 0 unspecified atom stereocenters. The molecule has 0 saturated carbocycles. The summed E-state index contributed by atoms with van der Waals surface area (Å²) in [5.41, 5.74) is 2.66. The Labute approximate surface area is 105 Å². The summed E-state index contributed by atoms with van der Waals surface area (Å²) in [5.74, 6) is 0.770. The largest absolute Gasteiger partial charge is 0.872 e. The van der Waals surface area contributed by atoms with Crippen molar-refractivity contribution in [3.05, 3.63) is 48.5 Å². The van der Waals surface area contributed by atoms with E-state index >= 15 is 0 Å². The molecule has 0 N–H and O–H groups in total. The van der Waals surface area contributed by atoms with Crippen molar-refractivity contribution in [1.82, 2.24) is 9.55 Å². The van der Waals surface area contributed by atoms with Crippen LogP contribution in [0.15, 0.2) is 48.5 Å². The fourth-order valence-electron chi connectivity index (χ4n) is 2.25. The Morgan fingerprint density at radius 3 is 2.56 bits per heavy atom. The van der Waals surface area contributed by atoms with Crippen LogP contribution in [0.1, 0.15) is 6.92 Å². The van der Waals surface area contributed by atoms with Gasteiger partial charge in [0.05, 0.1) is 11.0 Å². The van der Waals surface area contributed by atoms with Crippen LogP contribution >= 0.6 is 0 Å². The van der Waals surface area contributed by atoms with Crippen LogP contribution in [-0.2, 0) is 6.54 Å². The highest BCUT2D eigenvalue weighted by Gasteiger charge is 2.10. The third kappa shape index (κ3) is 1.56. The van der Waals surface area contributed by atoms with E-state index in [1.165, 1.54) is 0 Å². The highest BCUT2D eigenvalue weighted by Crippen LogP contribution is 2.29. The molecular weight excluding hydrogens is 224 g/mol. The molecule has 0 aliphatic heterocycles. The second-order valence-electron chi connectivity index (χ2n) is 4.16. The van der Waals surface area contributed by atoms with Crippen molar-refractivity contribution < 1.29 is 5.11 Å². The number of aromatic nitrogens is 2. The molecule has 18 heavy (non-hydrogen) atoms. The Morgan fingerprint density at radius 1 is 1.06 bits per heavy atom. The number of benzene rings is 2. The van der Waals surface area contributed by atoms with Crippen LogP contribution in [-0.4, -0.2) is 9.55 Å². The van der Waals surface area contributed by atoms with E-state index in [9.17, 15) is 5.11 Å². The maximum atomic E-state index is 11.9. The highest BCUT2D eigenvalue weighted by atomic mass is 16.3. The molecule has 3 aromatic rings. The van der Waals surface area contributed by atoms with E-state index in [-0.39, 0.29) is 5.75 Å². The molecule has 0 radical (unpaired) electrons. The van der Waals surface area contributed by atoms with E-state index in [0.717, 1.165) is 23.4 Å². The van der Waals surface area contributed by atoms with Crippen LogP contribution < -0.4 is 5.11 Å². The average molecular weight is 237 g/mol. The second-order valence-corrected chi connectivity index (χ2v) is 4.16. The summed E-state index contributed by atoms with van der Waals surface area (Å²) in [6.45, 7) is 2.86. The molecule has 3 nitrogen and oxygen atoms in total. The van der Waals surface area contributed by atoms with Gasteiger partial charge >= 0.3 is 0 Å². The Morgan fingerprint density at radius 2 is 1.78 bits per heavy atom. The first-order chi connectivity index (χ1) is 8.81. The van der Waals surface area contributed by atoms with Crippen molar-refractivity contribution in [2.24, 2.45) is 0 Å². The van der Waals surface area contributed by atoms with Crippen molar-refractivity contribution in [2.75, 3.05) is 0 Å². The third-order valence-electron chi connectivity index (χ3n) is 3.10. The molecule has 0 fully saturated rings. The Balaban J connectivity index is 2.32. The average Bonchev–Trinajstić information content (AvgIpc) is 2.77. The summed E-state index contributed by atoms with van der Waals surface area (Å²) < 4.78 is 2.08. The summed E-state index contributed by atoms with van der Waals surface area (Å²) in [5, 5.41) is 11.9. The Bertz CT molecular complexity index is 701. The predicted octanol–water partition coefficient (Wildman–Crippen LogP) is 2.80. The minimum absolute atomic E-state index is 0.0162. The third-order valence-corrected chi connectivity index (χ3v) is 3.10. The van der Waals surface area contributed by atoms with Crippen LogP contribution in [0, 0.1) is 0 Å². The lowest BCUT2D eigenvalue weighted by molar-refractivity contribution is -0.267. The van der Waals surface area contributed by atoms with Gasteiger partial charge in [-0.15, -0.1) is 0 Å². The van der Waals surface area contributed by atoms with Gasteiger partial charge in [-0.25, -0.2) is 4.98 Å². The van der Waals surface area contributed by atoms with Crippen LogP contribution in [0.5, 0.6) is 5.75 Å². The molecule has 0 atom stereocenters. The van der Waals surface area contributed by atoms with Crippen molar-refractivity contribution in [3.63, 3.8) is 0 Å². The van der Waals surface area contributed by atoms with Gasteiger partial charge in [-0.3, -0.25) is 0 Å².